The molecule has 0 spiro atoms. The van der Waals surface area contributed by atoms with Gasteiger partial charge in [0, 0.05) is 5.56 Å². The van der Waals surface area contributed by atoms with Crippen LogP contribution in [0.2, 0.25) is 0 Å². The summed E-state index contributed by atoms with van der Waals surface area (Å²) in [5.41, 5.74) is 0.664. The number of nitrogens with zero attached hydrogens (tertiary/aromatic N) is 3. The van der Waals surface area contributed by atoms with Crippen molar-refractivity contribution in [3.05, 3.63) is 28.1 Å². The first kappa shape index (κ1) is 7.87. The highest BCUT2D eigenvalue weighted by atomic mass is 35.5. The Morgan fingerprint density at radius 2 is 2.09 bits per heavy atom. The summed E-state index contributed by atoms with van der Waals surface area (Å²) in [4.78, 5) is 16.3. The summed E-state index contributed by atoms with van der Waals surface area (Å²) in [6.45, 7) is 0. The molecule has 1 aromatic heterocycles. The predicted molar refractivity (Wildman–Crippen MR) is 38.2 cm³/mol. The Morgan fingerprint density at radius 1 is 1.55 bits per heavy atom. The first-order valence-corrected chi connectivity index (χ1v) is 3.29. The van der Waals surface area contributed by atoms with Gasteiger partial charge < -0.3 is 10.1 Å². The number of hydrogen-bond acceptors (Lipinski definition) is 4. The molecule has 1 heterocycles. The molecule has 1 aromatic rings. The van der Waals surface area contributed by atoms with Crippen LogP contribution in [0.4, 0.5) is 5.95 Å². The van der Waals surface area contributed by atoms with Crippen LogP contribution in [-0.2, 0) is 5.88 Å². The van der Waals surface area contributed by atoms with Gasteiger partial charge in [0.1, 0.15) is 12.4 Å². The second kappa shape index (κ2) is 3.25. The molecule has 58 valence electrons. The molecule has 0 atom stereocenters. The maximum Gasteiger partial charge on any atom is 0.468 e. The molecule has 0 aliphatic heterocycles. The second-order valence-electron chi connectivity index (χ2n) is 1.78. The molecule has 0 aliphatic rings. The maximum atomic E-state index is 10.0. The monoisotopic (exact) mass is 173 g/mol. The first-order chi connectivity index (χ1) is 5.24. The third kappa shape index (κ3) is 1.84. The van der Waals surface area contributed by atoms with Crippen molar-refractivity contribution in [2.24, 2.45) is 0 Å². The second-order valence-corrected chi connectivity index (χ2v) is 2.05. The Kier molecular flexibility index (Phi) is 2.32. The van der Waals surface area contributed by atoms with Crippen molar-refractivity contribution >= 4 is 17.5 Å². The summed E-state index contributed by atoms with van der Waals surface area (Å²) in [6, 6.07) is 0. The van der Waals surface area contributed by atoms with Crippen molar-refractivity contribution in [1.29, 1.82) is 0 Å². The molecule has 0 bridgehead atoms. The zero-order valence-corrected chi connectivity index (χ0v) is 6.15. The summed E-state index contributed by atoms with van der Waals surface area (Å²) in [6.07, 6.45) is 2.66. The van der Waals surface area contributed by atoms with Crippen LogP contribution in [0.5, 0.6) is 0 Å². The fourth-order valence-electron chi connectivity index (χ4n) is 0.511. The van der Waals surface area contributed by atoms with E-state index in [0.717, 1.165) is 0 Å². The summed E-state index contributed by atoms with van der Waals surface area (Å²) in [5, 5.41) is 10.0. The Morgan fingerprint density at radius 3 is 2.45 bits per heavy atom. The van der Waals surface area contributed by atoms with Gasteiger partial charge in [0.2, 0.25) is 0 Å². The number of halogens is 1. The summed E-state index contributed by atoms with van der Waals surface area (Å²) in [5.74, 6) is -0.142. The van der Waals surface area contributed by atoms with Gasteiger partial charge in [-0.2, -0.15) is 0 Å². The van der Waals surface area contributed by atoms with Crippen molar-refractivity contribution < 1.29 is 4.92 Å². The third-order valence-corrected chi connectivity index (χ3v) is 1.32. The number of rotatable bonds is 2. The highest BCUT2D eigenvalue weighted by Gasteiger charge is 2.06. The quantitative estimate of drug-likeness (QED) is 0.382. The van der Waals surface area contributed by atoms with E-state index in [2.05, 4.69) is 9.97 Å². The Bertz CT molecular complexity index is 261. The van der Waals surface area contributed by atoms with Crippen LogP contribution in [0, 0.1) is 10.1 Å². The van der Waals surface area contributed by atoms with E-state index < -0.39 is 10.9 Å². The van der Waals surface area contributed by atoms with Crippen LogP contribution in [0.3, 0.4) is 0 Å². The summed E-state index contributed by atoms with van der Waals surface area (Å²) in [7, 11) is 0. The van der Waals surface area contributed by atoms with Crippen molar-refractivity contribution in [1.82, 2.24) is 9.97 Å². The van der Waals surface area contributed by atoms with E-state index in [1.807, 2.05) is 0 Å². The Labute approximate surface area is 67.2 Å². The van der Waals surface area contributed by atoms with Gasteiger partial charge in [-0.05, 0) is 4.92 Å². The fraction of sp³-hybridized carbons (Fsp3) is 0.200. The molecule has 0 saturated heterocycles. The van der Waals surface area contributed by atoms with E-state index >= 15 is 0 Å². The lowest BCUT2D eigenvalue weighted by atomic mass is 10.4. The molecule has 0 aliphatic carbocycles. The van der Waals surface area contributed by atoms with E-state index in [1.54, 1.807) is 0 Å². The molecule has 1 rings (SSSR count). The molecule has 0 radical (unpaired) electrons. The van der Waals surface area contributed by atoms with Crippen LogP contribution in [0.25, 0.3) is 0 Å². The molecule has 0 amide bonds. The van der Waals surface area contributed by atoms with Crippen LogP contribution >= 0.6 is 11.6 Å². The number of hydrogen-bond donors (Lipinski definition) is 0. The van der Waals surface area contributed by atoms with Crippen molar-refractivity contribution in [2.45, 2.75) is 5.88 Å². The van der Waals surface area contributed by atoms with E-state index in [4.69, 9.17) is 11.6 Å². The minimum absolute atomic E-state index is 0.262. The van der Waals surface area contributed by atoms with Crippen LogP contribution < -0.4 is 0 Å². The lowest BCUT2D eigenvalue weighted by Crippen LogP contribution is -1.95. The average Bonchev–Trinajstić information content (AvgIpc) is 2.05. The van der Waals surface area contributed by atoms with Crippen LogP contribution in [0.1, 0.15) is 5.56 Å². The highest BCUT2D eigenvalue weighted by molar-refractivity contribution is 6.17. The smallest absolute Gasteiger partial charge is 0.390 e. The number of alkyl halides is 1. The Balaban J connectivity index is 2.91. The largest absolute Gasteiger partial charge is 0.468 e. The van der Waals surface area contributed by atoms with E-state index in [9.17, 15) is 10.1 Å². The molecule has 11 heavy (non-hydrogen) atoms. The van der Waals surface area contributed by atoms with E-state index in [0.29, 0.717) is 5.56 Å². The molecule has 5 nitrogen and oxygen atoms in total. The number of nitro groups is 1. The van der Waals surface area contributed by atoms with E-state index in [-0.39, 0.29) is 5.88 Å². The van der Waals surface area contributed by atoms with Gasteiger partial charge in [0.15, 0.2) is 0 Å². The molecule has 0 unspecified atom stereocenters. The standard InChI is InChI=1S/C5H4ClN3O2/c6-1-4-2-7-5(8-3-4)9(10)11/h2-3H,1H2. The first-order valence-electron chi connectivity index (χ1n) is 2.75. The van der Waals surface area contributed by atoms with Gasteiger partial charge >= 0.3 is 5.95 Å². The van der Waals surface area contributed by atoms with Gasteiger partial charge in [0.25, 0.3) is 0 Å². The number of aromatic nitrogens is 2. The van der Waals surface area contributed by atoms with Gasteiger partial charge in [-0.3, -0.25) is 0 Å². The normalized spacial score (nSPS) is 9.55. The zero-order chi connectivity index (χ0) is 8.27. The third-order valence-electron chi connectivity index (χ3n) is 1.01. The molecular weight excluding hydrogens is 170 g/mol. The van der Waals surface area contributed by atoms with Gasteiger partial charge in [-0.15, -0.1) is 11.6 Å². The minimum atomic E-state index is -0.655. The highest BCUT2D eigenvalue weighted by Crippen LogP contribution is 2.04. The summed E-state index contributed by atoms with van der Waals surface area (Å²) >= 11 is 5.41. The maximum absolute atomic E-state index is 10.0. The predicted octanol–water partition coefficient (Wildman–Crippen LogP) is 1.12. The zero-order valence-electron chi connectivity index (χ0n) is 5.40. The SMILES string of the molecule is O=[N+]([O-])c1ncc(CCl)cn1. The van der Waals surface area contributed by atoms with Crippen LogP contribution in [0.15, 0.2) is 12.4 Å². The molecular formula is C5H4ClN3O2. The lowest BCUT2D eigenvalue weighted by molar-refractivity contribution is -0.394. The molecule has 0 aromatic carbocycles. The minimum Gasteiger partial charge on any atom is -0.390 e. The average molecular weight is 174 g/mol. The van der Waals surface area contributed by atoms with Gasteiger partial charge in [-0.1, -0.05) is 9.97 Å². The topological polar surface area (TPSA) is 68.9 Å². The van der Waals surface area contributed by atoms with E-state index in [1.165, 1.54) is 12.4 Å². The van der Waals surface area contributed by atoms with Crippen molar-refractivity contribution in [2.75, 3.05) is 0 Å². The fourth-order valence-corrected chi connectivity index (χ4v) is 0.649. The molecule has 0 fully saturated rings. The lowest BCUT2D eigenvalue weighted by Gasteiger charge is -1.90. The van der Waals surface area contributed by atoms with Gasteiger partial charge in [-0.25, -0.2) is 0 Å². The molecule has 6 heteroatoms. The van der Waals surface area contributed by atoms with Crippen molar-refractivity contribution in [3.63, 3.8) is 0 Å². The molecule has 0 N–H and O–H groups in total. The van der Waals surface area contributed by atoms with Crippen molar-refractivity contribution in [3.8, 4) is 0 Å². The van der Waals surface area contributed by atoms with Gasteiger partial charge in [0.05, 0.1) is 5.88 Å². The summed E-state index contributed by atoms with van der Waals surface area (Å²) < 4.78 is 0. The Hall–Kier alpha value is -1.23. The van der Waals surface area contributed by atoms with Crippen LogP contribution in [-0.4, -0.2) is 14.9 Å². The molecule has 0 saturated carbocycles.